The molecule has 0 N–H and O–H groups in total. The second-order valence-corrected chi connectivity index (χ2v) is 5.45. The zero-order valence-corrected chi connectivity index (χ0v) is 10.7. The van der Waals surface area contributed by atoms with Crippen LogP contribution in [0.1, 0.15) is 25.3 Å². The highest BCUT2D eigenvalue weighted by Crippen LogP contribution is 2.37. The molecule has 0 aromatic heterocycles. The first-order chi connectivity index (χ1) is 8.74. The molecule has 2 aromatic carbocycles. The summed E-state index contributed by atoms with van der Waals surface area (Å²) >= 11 is 0. The van der Waals surface area contributed by atoms with Crippen molar-refractivity contribution < 1.29 is 4.79 Å². The first kappa shape index (κ1) is 11.5. The van der Waals surface area contributed by atoms with Crippen LogP contribution in [0.3, 0.4) is 0 Å². The highest BCUT2D eigenvalue weighted by Gasteiger charge is 2.32. The van der Waals surface area contributed by atoms with Crippen LogP contribution in [-0.4, -0.2) is 5.78 Å². The van der Waals surface area contributed by atoms with Gasteiger partial charge in [0.1, 0.15) is 5.78 Å². The molecule has 2 aromatic rings. The molecule has 1 heteroatoms. The Hall–Kier alpha value is -1.63. The molecule has 3 rings (SSSR count). The SMILES string of the molecule is CC(C(=O)Cc1ccc2ccccc2c1)C1CC1. The smallest absolute Gasteiger partial charge is 0.140 e. The van der Waals surface area contributed by atoms with Crippen molar-refractivity contribution >= 4 is 16.6 Å². The third-order valence-corrected chi connectivity index (χ3v) is 4.03. The number of carbonyl (C=O) groups is 1. The molecule has 1 fully saturated rings. The van der Waals surface area contributed by atoms with Crippen molar-refractivity contribution in [2.24, 2.45) is 11.8 Å². The fourth-order valence-corrected chi connectivity index (χ4v) is 2.57. The van der Waals surface area contributed by atoms with Gasteiger partial charge in [-0.3, -0.25) is 4.79 Å². The quantitative estimate of drug-likeness (QED) is 0.787. The van der Waals surface area contributed by atoms with Gasteiger partial charge in [0.15, 0.2) is 0 Å². The summed E-state index contributed by atoms with van der Waals surface area (Å²) < 4.78 is 0. The maximum atomic E-state index is 12.1. The van der Waals surface area contributed by atoms with E-state index in [1.54, 1.807) is 0 Å². The van der Waals surface area contributed by atoms with Gasteiger partial charge in [-0.1, -0.05) is 49.4 Å². The van der Waals surface area contributed by atoms with E-state index in [0.29, 0.717) is 18.1 Å². The fourth-order valence-electron chi connectivity index (χ4n) is 2.57. The molecule has 1 aliphatic rings. The van der Waals surface area contributed by atoms with Crippen molar-refractivity contribution in [1.29, 1.82) is 0 Å². The van der Waals surface area contributed by atoms with Crippen LogP contribution >= 0.6 is 0 Å². The molecule has 0 amide bonds. The summed E-state index contributed by atoms with van der Waals surface area (Å²) in [6.45, 7) is 2.08. The summed E-state index contributed by atoms with van der Waals surface area (Å²) in [7, 11) is 0. The average molecular weight is 238 g/mol. The van der Waals surface area contributed by atoms with E-state index in [4.69, 9.17) is 0 Å². The lowest BCUT2D eigenvalue weighted by atomic mass is 9.94. The Morgan fingerprint density at radius 2 is 1.89 bits per heavy atom. The first-order valence-corrected chi connectivity index (χ1v) is 6.74. The second kappa shape index (κ2) is 4.56. The van der Waals surface area contributed by atoms with Gasteiger partial charge in [-0.2, -0.15) is 0 Å². The normalized spacial score (nSPS) is 16.7. The van der Waals surface area contributed by atoms with Crippen molar-refractivity contribution in [3.05, 3.63) is 48.0 Å². The Kier molecular flexibility index (Phi) is 2.91. The van der Waals surface area contributed by atoms with E-state index in [0.717, 1.165) is 5.56 Å². The van der Waals surface area contributed by atoms with Crippen LogP contribution in [0.5, 0.6) is 0 Å². The van der Waals surface area contributed by atoms with Gasteiger partial charge in [0.05, 0.1) is 0 Å². The minimum absolute atomic E-state index is 0.247. The van der Waals surface area contributed by atoms with Gasteiger partial charge >= 0.3 is 0 Å². The summed E-state index contributed by atoms with van der Waals surface area (Å²) in [6.07, 6.45) is 3.07. The van der Waals surface area contributed by atoms with Gasteiger partial charge in [-0.15, -0.1) is 0 Å². The Labute approximate surface area is 108 Å². The van der Waals surface area contributed by atoms with Gasteiger partial charge in [0, 0.05) is 12.3 Å². The number of fused-ring (bicyclic) bond motifs is 1. The number of hydrogen-bond donors (Lipinski definition) is 0. The molecule has 1 nitrogen and oxygen atoms in total. The maximum Gasteiger partial charge on any atom is 0.140 e. The monoisotopic (exact) mass is 238 g/mol. The number of rotatable bonds is 4. The molecule has 18 heavy (non-hydrogen) atoms. The van der Waals surface area contributed by atoms with Crippen molar-refractivity contribution in [2.45, 2.75) is 26.2 Å². The molecule has 1 aliphatic carbocycles. The Balaban J connectivity index is 1.79. The summed E-state index contributed by atoms with van der Waals surface area (Å²) in [5, 5.41) is 2.46. The van der Waals surface area contributed by atoms with E-state index >= 15 is 0 Å². The highest BCUT2D eigenvalue weighted by molar-refractivity contribution is 5.87. The van der Waals surface area contributed by atoms with E-state index in [1.807, 2.05) is 12.1 Å². The van der Waals surface area contributed by atoms with Gasteiger partial charge < -0.3 is 0 Å². The maximum absolute atomic E-state index is 12.1. The Morgan fingerprint density at radius 1 is 1.17 bits per heavy atom. The van der Waals surface area contributed by atoms with Crippen LogP contribution in [-0.2, 0) is 11.2 Å². The summed E-state index contributed by atoms with van der Waals surface area (Å²) in [6, 6.07) is 14.6. The largest absolute Gasteiger partial charge is 0.299 e. The summed E-state index contributed by atoms with van der Waals surface area (Å²) in [5.41, 5.74) is 1.14. The third-order valence-electron chi connectivity index (χ3n) is 4.03. The number of hydrogen-bond acceptors (Lipinski definition) is 1. The molecule has 92 valence electrons. The molecule has 0 saturated heterocycles. The molecule has 1 atom stereocenters. The minimum atomic E-state index is 0.247. The van der Waals surface area contributed by atoms with Crippen molar-refractivity contribution in [2.75, 3.05) is 0 Å². The predicted molar refractivity (Wildman–Crippen MR) is 74.5 cm³/mol. The number of Topliss-reactive ketones (excluding diaryl/α,β-unsaturated/α-hetero) is 1. The third kappa shape index (κ3) is 2.31. The zero-order chi connectivity index (χ0) is 12.5. The van der Waals surface area contributed by atoms with Crippen molar-refractivity contribution in [1.82, 2.24) is 0 Å². The van der Waals surface area contributed by atoms with Crippen molar-refractivity contribution in [3.63, 3.8) is 0 Å². The number of benzene rings is 2. The molecule has 1 saturated carbocycles. The van der Waals surface area contributed by atoms with E-state index in [1.165, 1.54) is 23.6 Å². The van der Waals surface area contributed by atoms with E-state index in [2.05, 4.69) is 37.3 Å². The van der Waals surface area contributed by atoms with E-state index in [-0.39, 0.29) is 5.92 Å². The molecule has 1 unspecified atom stereocenters. The molecule has 0 heterocycles. The van der Waals surface area contributed by atoms with Crippen LogP contribution in [0, 0.1) is 11.8 Å². The molecule has 0 aliphatic heterocycles. The van der Waals surface area contributed by atoms with Crippen LogP contribution < -0.4 is 0 Å². The lowest BCUT2D eigenvalue weighted by Crippen LogP contribution is -2.15. The van der Waals surface area contributed by atoms with E-state index < -0.39 is 0 Å². The van der Waals surface area contributed by atoms with E-state index in [9.17, 15) is 4.79 Å². The van der Waals surface area contributed by atoms with Crippen molar-refractivity contribution in [3.8, 4) is 0 Å². The Morgan fingerprint density at radius 3 is 2.61 bits per heavy atom. The lowest BCUT2D eigenvalue weighted by molar-refractivity contribution is -0.122. The topological polar surface area (TPSA) is 17.1 Å². The highest BCUT2D eigenvalue weighted by atomic mass is 16.1. The molecular formula is C17H18O. The molecule has 0 spiro atoms. The zero-order valence-electron chi connectivity index (χ0n) is 10.7. The van der Waals surface area contributed by atoms with Crippen LogP contribution in [0.2, 0.25) is 0 Å². The standard InChI is InChI=1S/C17H18O/c1-12(14-8-9-14)17(18)11-13-6-7-15-4-2-3-5-16(15)10-13/h2-7,10,12,14H,8-9,11H2,1H3. The number of ketones is 1. The second-order valence-electron chi connectivity index (χ2n) is 5.45. The van der Waals surface area contributed by atoms with Crippen LogP contribution in [0.4, 0.5) is 0 Å². The first-order valence-electron chi connectivity index (χ1n) is 6.74. The molecule has 0 bridgehead atoms. The number of carbonyl (C=O) groups excluding carboxylic acids is 1. The van der Waals surface area contributed by atoms with Gasteiger partial charge in [0.2, 0.25) is 0 Å². The molecular weight excluding hydrogens is 220 g/mol. The van der Waals surface area contributed by atoms with Crippen LogP contribution in [0.25, 0.3) is 10.8 Å². The predicted octanol–water partition coefficient (Wildman–Crippen LogP) is 4.00. The fraction of sp³-hybridized carbons (Fsp3) is 0.353. The summed E-state index contributed by atoms with van der Waals surface area (Å²) in [4.78, 5) is 12.1. The average Bonchev–Trinajstić information content (AvgIpc) is 3.22. The Bertz CT molecular complexity index is 581. The summed E-state index contributed by atoms with van der Waals surface area (Å²) in [5.74, 6) is 1.31. The minimum Gasteiger partial charge on any atom is -0.299 e. The van der Waals surface area contributed by atoms with Gasteiger partial charge in [0.25, 0.3) is 0 Å². The van der Waals surface area contributed by atoms with Crippen LogP contribution in [0.15, 0.2) is 42.5 Å². The van der Waals surface area contributed by atoms with Gasteiger partial charge in [-0.25, -0.2) is 0 Å². The van der Waals surface area contributed by atoms with Gasteiger partial charge in [-0.05, 0) is 35.1 Å². The molecule has 0 radical (unpaired) electrons. The lowest BCUT2D eigenvalue weighted by Gasteiger charge is -2.09.